The van der Waals surface area contributed by atoms with Gasteiger partial charge in [-0.2, -0.15) is 0 Å². The summed E-state index contributed by atoms with van der Waals surface area (Å²) >= 11 is 0. The molecule has 0 spiro atoms. The minimum Gasteiger partial charge on any atom is -0.425 e. The molecule has 1 heterocycles. The number of ketones is 1. The van der Waals surface area contributed by atoms with Crippen LogP contribution in [0.3, 0.4) is 0 Å². The zero-order chi connectivity index (χ0) is 17.1. The van der Waals surface area contributed by atoms with Crippen LogP contribution in [0.4, 0.5) is 0 Å². The quantitative estimate of drug-likeness (QED) is 0.418. The number of para-hydroxylation sites is 1. The average molecular weight is 322 g/mol. The highest BCUT2D eigenvalue weighted by atomic mass is 16.5. The van der Waals surface area contributed by atoms with Crippen LogP contribution in [0.5, 0.6) is 5.75 Å². The zero-order valence-electron chi connectivity index (χ0n) is 12.9. The SMILES string of the molecule is CC(=O)c1ccc(OC(=O)Cn2cnc3ccccc3c2=O)cc1. The van der Waals surface area contributed by atoms with Crippen molar-refractivity contribution < 1.29 is 14.3 Å². The van der Waals surface area contributed by atoms with E-state index in [-0.39, 0.29) is 17.9 Å². The van der Waals surface area contributed by atoms with Crippen molar-refractivity contribution in [3.8, 4) is 5.75 Å². The summed E-state index contributed by atoms with van der Waals surface area (Å²) in [5, 5.41) is 0.443. The Kier molecular flexibility index (Phi) is 4.20. The number of rotatable bonds is 4. The van der Waals surface area contributed by atoms with E-state index in [1.165, 1.54) is 30.0 Å². The molecule has 3 aromatic rings. The Hall–Kier alpha value is -3.28. The van der Waals surface area contributed by atoms with Crippen LogP contribution in [-0.4, -0.2) is 21.3 Å². The van der Waals surface area contributed by atoms with E-state index in [0.717, 1.165) is 0 Å². The number of ether oxygens (including phenoxy) is 1. The number of aromatic nitrogens is 2. The summed E-state index contributed by atoms with van der Waals surface area (Å²) in [5.74, 6) is -0.349. The number of hydrogen-bond donors (Lipinski definition) is 0. The maximum Gasteiger partial charge on any atom is 0.331 e. The molecule has 0 atom stereocenters. The molecular weight excluding hydrogens is 308 g/mol. The second-order valence-electron chi connectivity index (χ2n) is 5.25. The van der Waals surface area contributed by atoms with Gasteiger partial charge in [0.2, 0.25) is 0 Å². The first-order chi connectivity index (χ1) is 11.5. The summed E-state index contributed by atoms with van der Waals surface area (Å²) in [4.78, 5) is 39.7. The summed E-state index contributed by atoms with van der Waals surface area (Å²) in [6.07, 6.45) is 1.32. The molecule has 0 aliphatic carbocycles. The maximum absolute atomic E-state index is 12.3. The van der Waals surface area contributed by atoms with Crippen LogP contribution in [0.15, 0.2) is 59.7 Å². The Morgan fingerprint density at radius 3 is 2.50 bits per heavy atom. The van der Waals surface area contributed by atoms with Crippen LogP contribution >= 0.6 is 0 Å². The van der Waals surface area contributed by atoms with Gasteiger partial charge in [-0.05, 0) is 43.3 Å². The van der Waals surface area contributed by atoms with Gasteiger partial charge in [0.05, 0.1) is 17.2 Å². The Balaban J connectivity index is 1.76. The predicted molar refractivity (Wildman–Crippen MR) is 88.1 cm³/mol. The summed E-state index contributed by atoms with van der Waals surface area (Å²) in [7, 11) is 0. The van der Waals surface area contributed by atoms with Gasteiger partial charge in [-0.25, -0.2) is 9.78 Å². The van der Waals surface area contributed by atoms with Gasteiger partial charge >= 0.3 is 5.97 Å². The van der Waals surface area contributed by atoms with Gasteiger partial charge < -0.3 is 4.74 Å². The fraction of sp³-hybridized carbons (Fsp3) is 0.111. The zero-order valence-corrected chi connectivity index (χ0v) is 12.9. The first-order valence-electron chi connectivity index (χ1n) is 7.30. The molecule has 6 nitrogen and oxygen atoms in total. The molecule has 0 saturated carbocycles. The molecule has 0 unspecified atom stereocenters. The molecule has 0 fully saturated rings. The van der Waals surface area contributed by atoms with E-state index in [0.29, 0.717) is 22.2 Å². The number of Topliss-reactive ketones (excluding diaryl/α,β-unsaturated/α-hetero) is 1. The van der Waals surface area contributed by atoms with Crippen LogP contribution in [-0.2, 0) is 11.3 Å². The number of carbonyl (C=O) groups excluding carboxylic acids is 2. The lowest BCUT2D eigenvalue weighted by molar-refractivity contribution is -0.135. The van der Waals surface area contributed by atoms with Crippen molar-refractivity contribution >= 4 is 22.7 Å². The van der Waals surface area contributed by atoms with Crippen LogP contribution in [0.2, 0.25) is 0 Å². The number of carbonyl (C=O) groups is 2. The molecule has 0 radical (unpaired) electrons. The number of fused-ring (bicyclic) bond motifs is 1. The van der Waals surface area contributed by atoms with Crippen LogP contribution in [0.1, 0.15) is 17.3 Å². The molecule has 1 aromatic heterocycles. The van der Waals surface area contributed by atoms with Gasteiger partial charge in [0.25, 0.3) is 5.56 Å². The van der Waals surface area contributed by atoms with E-state index in [1.807, 2.05) is 0 Å². The number of benzene rings is 2. The van der Waals surface area contributed by atoms with Gasteiger partial charge in [-0.3, -0.25) is 14.2 Å². The van der Waals surface area contributed by atoms with Crippen LogP contribution < -0.4 is 10.3 Å². The van der Waals surface area contributed by atoms with Crippen molar-refractivity contribution in [2.45, 2.75) is 13.5 Å². The second-order valence-corrected chi connectivity index (χ2v) is 5.25. The lowest BCUT2D eigenvalue weighted by Crippen LogP contribution is -2.26. The number of hydrogen-bond acceptors (Lipinski definition) is 5. The molecular formula is C18H14N2O4. The van der Waals surface area contributed by atoms with Gasteiger partial charge in [0, 0.05) is 5.56 Å². The number of esters is 1. The summed E-state index contributed by atoms with van der Waals surface area (Å²) in [6, 6.07) is 13.2. The third kappa shape index (κ3) is 3.22. The normalized spacial score (nSPS) is 10.5. The van der Waals surface area contributed by atoms with Gasteiger partial charge in [-0.1, -0.05) is 12.1 Å². The molecule has 2 aromatic carbocycles. The van der Waals surface area contributed by atoms with Crippen LogP contribution in [0.25, 0.3) is 10.9 Å². The molecule has 0 N–H and O–H groups in total. The molecule has 0 aliphatic heterocycles. The predicted octanol–water partition coefficient (Wildman–Crippen LogP) is 2.20. The maximum atomic E-state index is 12.3. The largest absolute Gasteiger partial charge is 0.425 e. The highest BCUT2D eigenvalue weighted by Gasteiger charge is 2.10. The molecule has 0 aliphatic rings. The van der Waals surface area contributed by atoms with Crippen LogP contribution in [0, 0.1) is 0 Å². The average Bonchev–Trinajstić information content (AvgIpc) is 2.58. The monoisotopic (exact) mass is 322 g/mol. The van der Waals surface area contributed by atoms with Gasteiger partial charge in [-0.15, -0.1) is 0 Å². The third-order valence-corrected chi connectivity index (χ3v) is 3.52. The van der Waals surface area contributed by atoms with Crippen molar-refractivity contribution in [1.82, 2.24) is 9.55 Å². The van der Waals surface area contributed by atoms with E-state index in [2.05, 4.69) is 4.98 Å². The highest BCUT2D eigenvalue weighted by molar-refractivity contribution is 5.94. The van der Waals surface area contributed by atoms with Crippen molar-refractivity contribution in [2.24, 2.45) is 0 Å². The molecule has 3 rings (SSSR count). The third-order valence-electron chi connectivity index (χ3n) is 3.52. The van der Waals surface area contributed by atoms with Gasteiger partial charge in [0.1, 0.15) is 12.3 Å². The van der Waals surface area contributed by atoms with Crippen molar-refractivity contribution in [2.75, 3.05) is 0 Å². The minimum atomic E-state index is -0.593. The van der Waals surface area contributed by atoms with Gasteiger partial charge in [0.15, 0.2) is 5.78 Å². The lowest BCUT2D eigenvalue weighted by atomic mass is 10.1. The van der Waals surface area contributed by atoms with E-state index >= 15 is 0 Å². The second kappa shape index (κ2) is 6.45. The Morgan fingerprint density at radius 1 is 1.08 bits per heavy atom. The topological polar surface area (TPSA) is 78.3 Å². The first kappa shape index (κ1) is 15.6. The molecule has 6 heteroatoms. The standard InChI is InChI=1S/C18H14N2O4/c1-12(21)13-6-8-14(9-7-13)24-17(22)10-20-11-19-16-5-3-2-4-15(16)18(20)23/h2-9,11H,10H2,1H3. The summed E-state index contributed by atoms with van der Waals surface area (Å²) in [5.41, 5.74) is 0.807. The Bertz CT molecular complexity index is 974. The smallest absolute Gasteiger partial charge is 0.331 e. The van der Waals surface area contributed by atoms with Crippen molar-refractivity contribution in [3.63, 3.8) is 0 Å². The first-order valence-corrected chi connectivity index (χ1v) is 7.30. The van der Waals surface area contributed by atoms with E-state index in [4.69, 9.17) is 4.74 Å². The van der Waals surface area contributed by atoms with Crippen molar-refractivity contribution in [3.05, 3.63) is 70.8 Å². The summed E-state index contributed by atoms with van der Waals surface area (Å²) < 4.78 is 6.39. The highest BCUT2D eigenvalue weighted by Crippen LogP contribution is 2.13. The van der Waals surface area contributed by atoms with Crippen molar-refractivity contribution in [1.29, 1.82) is 0 Å². The molecule has 0 bridgehead atoms. The molecule has 24 heavy (non-hydrogen) atoms. The van der Waals surface area contributed by atoms with E-state index in [9.17, 15) is 14.4 Å². The molecule has 0 amide bonds. The Labute approximate surface area is 137 Å². The molecule has 120 valence electrons. The minimum absolute atomic E-state index is 0.0679. The van der Waals surface area contributed by atoms with E-state index in [1.54, 1.807) is 36.4 Å². The lowest BCUT2D eigenvalue weighted by Gasteiger charge is -2.07. The van der Waals surface area contributed by atoms with E-state index < -0.39 is 5.97 Å². The fourth-order valence-electron chi connectivity index (χ4n) is 2.28. The molecule has 0 saturated heterocycles. The summed E-state index contributed by atoms with van der Waals surface area (Å²) in [6.45, 7) is 1.21. The number of nitrogens with zero attached hydrogens (tertiary/aromatic N) is 2. The Morgan fingerprint density at radius 2 is 1.79 bits per heavy atom. The fourth-order valence-corrected chi connectivity index (χ4v) is 2.28.